The van der Waals surface area contributed by atoms with Crippen LogP contribution in [0.1, 0.15) is 25.7 Å². The highest BCUT2D eigenvalue weighted by molar-refractivity contribution is 9.10. The van der Waals surface area contributed by atoms with E-state index in [-0.39, 0.29) is 11.7 Å². The maximum absolute atomic E-state index is 13.5. The molecule has 1 aromatic carbocycles. The van der Waals surface area contributed by atoms with Crippen molar-refractivity contribution in [3.8, 4) is 0 Å². The summed E-state index contributed by atoms with van der Waals surface area (Å²) in [6.07, 6.45) is 4.18. The Morgan fingerprint density at radius 2 is 2.06 bits per heavy atom. The first kappa shape index (κ1) is 12.3. The Morgan fingerprint density at radius 3 is 2.65 bits per heavy atom. The lowest BCUT2D eigenvalue weighted by Crippen LogP contribution is -2.16. The predicted octanol–water partition coefficient (Wildman–Crippen LogP) is 3.85. The second-order valence-electron chi connectivity index (χ2n) is 4.17. The SMILES string of the molecule is O=[N+]([O-])c1c(F)cc(Br)cc1NC1CCCC1. The van der Waals surface area contributed by atoms with Crippen LogP contribution in [0.15, 0.2) is 16.6 Å². The van der Waals surface area contributed by atoms with E-state index >= 15 is 0 Å². The zero-order valence-corrected chi connectivity index (χ0v) is 10.7. The quantitative estimate of drug-likeness (QED) is 0.681. The van der Waals surface area contributed by atoms with Crippen molar-refractivity contribution in [3.63, 3.8) is 0 Å². The molecule has 92 valence electrons. The van der Waals surface area contributed by atoms with Crippen LogP contribution in [0.5, 0.6) is 0 Å². The van der Waals surface area contributed by atoms with Gasteiger partial charge in [0.05, 0.1) is 4.92 Å². The number of nitro groups is 1. The van der Waals surface area contributed by atoms with Crippen molar-refractivity contribution >= 4 is 27.3 Å². The summed E-state index contributed by atoms with van der Waals surface area (Å²) in [5.41, 5.74) is -0.214. The van der Waals surface area contributed by atoms with E-state index in [2.05, 4.69) is 21.2 Å². The molecule has 1 aliphatic rings. The van der Waals surface area contributed by atoms with Crippen LogP contribution in [0.3, 0.4) is 0 Å². The lowest BCUT2D eigenvalue weighted by atomic mass is 10.2. The molecule has 0 heterocycles. The first-order valence-electron chi connectivity index (χ1n) is 5.48. The third kappa shape index (κ3) is 2.74. The van der Waals surface area contributed by atoms with Crippen molar-refractivity contribution in [2.75, 3.05) is 5.32 Å². The predicted molar refractivity (Wildman–Crippen MR) is 66.6 cm³/mol. The maximum atomic E-state index is 13.5. The fourth-order valence-electron chi connectivity index (χ4n) is 2.15. The number of hydrogen-bond donors (Lipinski definition) is 1. The Kier molecular flexibility index (Phi) is 3.61. The number of nitrogens with zero attached hydrogens (tertiary/aromatic N) is 1. The van der Waals surface area contributed by atoms with Crippen molar-refractivity contribution in [1.82, 2.24) is 0 Å². The summed E-state index contributed by atoms with van der Waals surface area (Å²) in [4.78, 5) is 10.2. The molecule has 0 amide bonds. The minimum Gasteiger partial charge on any atom is -0.377 e. The topological polar surface area (TPSA) is 55.2 Å². The van der Waals surface area contributed by atoms with Crippen molar-refractivity contribution < 1.29 is 9.31 Å². The molecule has 0 radical (unpaired) electrons. The Labute approximate surface area is 106 Å². The van der Waals surface area contributed by atoms with Crippen molar-refractivity contribution in [3.05, 3.63) is 32.5 Å². The van der Waals surface area contributed by atoms with E-state index in [0.717, 1.165) is 31.7 Å². The van der Waals surface area contributed by atoms with Gasteiger partial charge in [-0.05, 0) is 25.0 Å². The summed E-state index contributed by atoms with van der Waals surface area (Å²) >= 11 is 3.14. The van der Waals surface area contributed by atoms with Crippen molar-refractivity contribution in [1.29, 1.82) is 0 Å². The molecule has 1 aromatic rings. The lowest BCUT2D eigenvalue weighted by molar-refractivity contribution is -0.386. The van der Waals surface area contributed by atoms with Gasteiger partial charge in [-0.1, -0.05) is 28.8 Å². The summed E-state index contributed by atoms with van der Waals surface area (Å²) in [6, 6.07) is 2.87. The number of anilines is 1. The van der Waals surface area contributed by atoms with Crippen LogP contribution in [0.2, 0.25) is 0 Å². The summed E-state index contributed by atoms with van der Waals surface area (Å²) in [7, 11) is 0. The molecule has 0 atom stereocenters. The first-order valence-corrected chi connectivity index (χ1v) is 6.27. The molecule has 0 unspecified atom stereocenters. The van der Waals surface area contributed by atoms with E-state index in [0.29, 0.717) is 4.47 Å². The van der Waals surface area contributed by atoms with Gasteiger partial charge in [-0.3, -0.25) is 10.1 Å². The first-order chi connectivity index (χ1) is 8.08. The summed E-state index contributed by atoms with van der Waals surface area (Å²) < 4.78 is 14.0. The molecule has 0 bridgehead atoms. The van der Waals surface area contributed by atoms with E-state index < -0.39 is 16.4 Å². The van der Waals surface area contributed by atoms with Crippen LogP contribution in [0.4, 0.5) is 15.8 Å². The highest BCUT2D eigenvalue weighted by Crippen LogP contribution is 2.33. The molecule has 0 saturated heterocycles. The van der Waals surface area contributed by atoms with E-state index in [1.54, 1.807) is 6.07 Å². The monoisotopic (exact) mass is 302 g/mol. The summed E-state index contributed by atoms with van der Waals surface area (Å²) in [6.45, 7) is 0. The highest BCUT2D eigenvalue weighted by atomic mass is 79.9. The smallest absolute Gasteiger partial charge is 0.327 e. The molecule has 1 aliphatic carbocycles. The third-order valence-corrected chi connectivity index (χ3v) is 3.38. The van der Waals surface area contributed by atoms with E-state index in [9.17, 15) is 14.5 Å². The number of hydrogen-bond acceptors (Lipinski definition) is 3. The van der Waals surface area contributed by atoms with Gasteiger partial charge in [0.25, 0.3) is 0 Å². The summed E-state index contributed by atoms with van der Waals surface area (Å²) in [5, 5.41) is 13.9. The number of halogens is 2. The molecular formula is C11H12BrFN2O2. The normalized spacial score (nSPS) is 16.1. The van der Waals surface area contributed by atoms with E-state index in [1.807, 2.05) is 0 Å². The zero-order chi connectivity index (χ0) is 12.4. The Morgan fingerprint density at radius 1 is 1.41 bits per heavy atom. The third-order valence-electron chi connectivity index (χ3n) is 2.93. The molecule has 0 spiro atoms. The number of rotatable bonds is 3. The Balaban J connectivity index is 2.32. The van der Waals surface area contributed by atoms with Gasteiger partial charge in [0.15, 0.2) is 0 Å². The standard InChI is InChI=1S/C11H12BrFN2O2/c12-7-5-9(13)11(15(16)17)10(6-7)14-8-3-1-2-4-8/h5-6,8,14H,1-4H2. The number of nitrogens with one attached hydrogen (secondary N) is 1. The molecule has 1 saturated carbocycles. The van der Waals surface area contributed by atoms with Gasteiger partial charge in [0, 0.05) is 10.5 Å². The molecule has 4 nitrogen and oxygen atoms in total. The molecule has 0 aliphatic heterocycles. The van der Waals surface area contributed by atoms with Gasteiger partial charge in [-0.15, -0.1) is 0 Å². The average Bonchev–Trinajstić information content (AvgIpc) is 2.68. The second kappa shape index (κ2) is 5.00. The van der Waals surface area contributed by atoms with Crippen molar-refractivity contribution in [2.24, 2.45) is 0 Å². The summed E-state index contributed by atoms with van der Waals surface area (Å²) in [5.74, 6) is -0.815. The molecular weight excluding hydrogens is 291 g/mol. The van der Waals surface area contributed by atoms with Gasteiger partial charge >= 0.3 is 5.69 Å². The van der Waals surface area contributed by atoms with Crippen LogP contribution in [-0.2, 0) is 0 Å². The fourth-order valence-corrected chi connectivity index (χ4v) is 2.58. The van der Waals surface area contributed by atoms with Crippen LogP contribution in [0, 0.1) is 15.9 Å². The van der Waals surface area contributed by atoms with Gasteiger partial charge in [-0.2, -0.15) is 4.39 Å². The second-order valence-corrected chi connectivity index (χ2v) is 5.08. The van der Waals surface area contributed by atoms with Gasteiger partial charge < -0.3 is 5.32 Å². The Hall–Kier alpha value is -1.17. The minimum atomic E-state index is -0.815. The van der Waals surface area contributed by atoms with Crippen LogP contribution >= 0.6 is 15.9 Å². The van der Waals surface area contributed by atoms with Crippen LogP contribution in [0.25, 0.3) is 0 Å². The molecule has 2 rings (SSSR count). The molecule has 0 aromatic heterocycles. The van der Waals surface area contributed by atoms with Gasteiger partial charge in [0.2, 0.25) is 5.82 Å². The molecule has 6 heteroatoms. The zero-order valence-electron chi connectivity index (χ0n) is 9.08. The van der Waals surface area contributed by atoms with Gasteiger partial charge in [0.1, 0.15) is 5.69 Å². The fraction of sp³-hybridized carbons (Fsp3) is 0.455. The van der Waals surface area contributed by atoms with Crippen LogP contribution < -0.4 is 5.32 Å². The maximum Gasteiger partial charge on any atom is 0.327 e. The number of benzene rings is 1. The lowest BCUT2D eigenvalue weighted by Gasteiger charge is -2.14. The van der Waals surface area contributed by atoms with Crippen LogP contribution in [-0.4, -0.2) is 11.0 Å². The number of nitro benzene ring substituents is 1. The largest absolute Gasteiger partial charge is 0.377 e. The minimum absolute atomic E-state index is 0.211. The van der Waals surface area contributed by atoms with E-state index in [1.165, 1.54) is 0 Å². The molecule has 1 N–H and O–H groups in total. The van der Waals surface area contributed by atoms with Gasteiger partial charge in [-0.25, -0.2) is 0 Å². The van der Waals surface area contributed by atoms with Crippen molar-refractivity contribution in [2.45, 2.75) is 31.7 Å². The highest BCUT2D eigenvalue weighted by Gasteiger charge is 2.24. The average molecular weight is 303 g/mol. The van der Waals surface area contributed by atoms with E-state index in [4.69, 9.17) is 0 Å². The molecule has 17 heavy (non-hydrogen) atoms. The Bertz CT molecular complexity index is 447. The molecule has 1 fully saturated rings.